The summed E-state index contributed by atoms with van der Waals surface area (Å²) in [5.41, 5.74) is 0.479. The number of nitrogens with zero attached hydrogens (tertiary/aromatic N) is 1. The summed E-state index contributed by atoms with van der Waals surface area (Å²) in [6, 6.07) is 5.60. The molecule has 1 saturated heterocycles. The average molecular weight is 385 g/mol. The van der Waals surface area contributed by atoms with E-state index in [1.165, 1.54) is 0 Å². The van der Waals surface area contributed by atoms with E-state index in [0.717, 1.165) is 18.7 Å². The molecule has 1 N–H and O–H groups in total. The number of fused-ring (bicyclic) bond motifs is 1. The molecule has 1 heterocycles. The lowest BCUT2D eigenvalue weighted by Crippen LogP contribution is -2.39. The number of hydrogen-bond acceptors (Lipinski definition) is 3. The van der Waals surface area contributed by atoms with Gasteiger partial charge in [-0.2, -0.15) is 0 Å². The molecule has 0 spiro atoms. The van der Waals surface area contributed by atoms with Crippen LogP contribution in [0.5, 0.6) is 0 Å². The number of ether oxygens (including phenoxy) is 1. The van der Waals surface area contributed by atoms with Gasteiger partial charge in [0.1, 0.15) is 11.4 Å². The Balaban J connectivity index is 1.45. The van der Waals surface area contributed by atoms with Crippen molar-refractivity contribution in [2.75, 3.05) is 13.1 Å². The highest BCUT2D eigenvalue weighted by Gasteiger charge is 2.56. The first-order valence-electron chi connectivity index (χ1n) is 7.90. The molecule has 1 aromatic carbocycles. The van der Waals surface area contributed by atoms with Crippen molar-refractivity contribution in [3.8, 4) is 0 Å². The normalized spacial score (nSPS) is 26.1. The highest BCUT2D eigenvalue weighted by molar-refractivity contribution is 9.10. The van der Waals surface area contributed by atoms with Crippen molar-refractivity contribution in [2.24, 2.45) is 11.8 Å². The van der Waals surface area contributed by atoms with Gasteiger partial charge in [-0.05, 0) is 66.2 Å². The van der Waals surface area contributed by atoms with Gasteiger partial charge in [-0.1, -0.05) is 6.07 Å². The molecule has 1 aliphatic carbocycles. The number of rotatable bonds is 3. The lowest BCUT2D eigenvalue weighted by atomic mass is 10.2. The van der Waals surface area contributed by atoms with Gasteiger partial charge >= 0.3 is 6.09 Å². The van der Waals surface area contributed by atoms with Crippen LogP contribution >= 0.6 is 15.9 Å². The van der Waals surface area contributed by atoms with Gasteiger partial charge in [-0.15, -0.1) is 0 Å². The Bertz CT molecular complexity index is 605. The average Bonchev–Trinajstić information content (AvgIpc) is 2.89. The van der Waals surface area contributed by atoms with E-state index in [0.29, 0.717) is 28.9 Å². The van der Waals surface area contributed by atoms with Crippen molar-refractivity contribution < 1.29 is 13.9 Å². The fourth-order valence-corrected chi connectivity index (χ4v) is 3.44. The van der Waals surface area contributed by atoms with Crippen molar-refractivity contribution in [1.29, 1.82) is 0 Å². The number of piperidine rings is 1. The van der Waals surface area contributed by atoms with Gasteiger partial charge in [-0.3, -0.25) is 0 Å². The van der Waals surface area contributed by atoms with Crippen molar-refractivity contribution in [3.63, 3.8) is 0 Å². The number of benzene rings is 1. The van der Waals surface area contributed by atoms with Crippen LogP contribution in [0.25, 0.3) is 0 Å². The van der Waals surface area contributed by atoms with Crippen LogP contribution in [0.2, 0.25) is 0 Å². The highest BCUT2D eigenvalue weighted by atomic mass is 79.9. The minimum absolute atomic E-state index is 0.224. The highest BCUT2D eigenvalue weighted by Crippen LogP contribution is 2.45. The third-order valence-electron chi connectivity index (χ3n) is 4.37. The van der Waals surface area contributed by atoms with Gasteiger partial charge in [0.2, 0.25) is 0 Å². The van der Waals surface area contributed by atoms with E-state index in [9.17, 15) is 9.18 Å². The van der Waals surface area contributed by atoms with Crippen LogP contribution in [-0.4, -0.2) is 35.7 Å². The first kappa shape index (κ1) is 16.7. The van der Waals surface area contributed by atoms with E-state index in [2.05, 4.69) is 21.2 Å². The Kier molecular flexibility index (Phi) is 4.40. The molecule has 2 atom stereocenters. The zero-order valence-electron chi connectivity index (χ0n) is 13.6. The van der Waals surface area contributed by atoms with Gasteiger partial charge in [0.25, 0.3) is 0 Å². The van der Waals surface area contributed by atoms with Crippen LogP contribution in [0.3, 0.4) is 0 Å². The van der Waals surface area contributed by atoms with Crippen LogP contribution in [0.4, 0.5) is 9.18 Å². The summed E-state index contributed by atoms with van der Waals surface area (Å²) < 4.78 is 19.4. The van der Waals surface area contributed by atoms with Gasteiger partial charge in [0.15, 0.2) is 0 Å². The molecule has 0 aromatic heterocycles. The maximum atomic E-state index is 13.5. The van der Waals surface area contributed by atoms with E-state index < -0.39 is 5.60 Å². The predicted molar refractivity (Wildman–Crippen MR) is 89.5 cm³/mol. The third kappa shape index (κ3) is 3.86. The molecular weight excluding hydrogens is 363 g/mol. The van der Waals surface area contributed by atoms with Crippen molar-refractivity contribution in [2.45, 2.75) is 39.0 Å². The molecule has 1 amide bonds. The number of hydrogen-bond donors (Lipinski definition) is 1. The zero-order valence-corrected chi connectivity index (χ0v) is 15.2. The first-order valence-corrected chi connectivity index (χ1v) is 8.69. The van der Waals surface area contributed by atoms with Gasteiger partial charge < -0.3 is 15.0 Å². The second-order valence-electron chi connectivity index (χ2n) is 7.37. The molecule has 4 nitrogen and oxygen atoms in total. The zero-order chi connectivity index (χ0) is 16.8. The smallest absolute Gasteiger partial charge is 0.410 e. The van der Waals surface area contributed by atoms with E-state index in [-0.39, 0.29) is 11.9 Å². The van der Waals surface area contributed by atoms with Gasteiger partial charge in [-0.25, -0.2) is 9.18 Å². The summed E-state index contributed by atoms with van der Waals surface area (Å²) in [5, 5.41) is 3.47. The molecule has 2 unspecified atom stereocenters. The molecule has 2 aliphatic rings. The van der Waals surface area contributed by atoms with Crippen molar-refractivity contribution >= 4 is 22.0 Å². The summed E-state index contributed by atoms with van der Waals surface area (Å²) in [6.45, 7) is 7.77. The van der Waals surface area contributed by atoms with Crippen LogP contribution in [0, 0.1) is 17.7 Å². The Labute approximate surface area is 144 Å². The number of nitrogens with one attached hydrogen (secondary N) is 1. The minimum atomic E-state index is -0.451. The number of carbonyl (C=O) groups is 1. The predicted octanol–water partition coefficient (Wildman–Crippen LogP) is 3.54. The second-order valence-corrected chi connectivity index (χ2v) is 8.22. The molecule has 3 rings (SSSR count). The van der Waals surface area contributed by atoms with Gasteiger partial charge in [0.05, 0.1) is 4.47 Å². The van der Waals surface area contributed by atoms with Crippen molar-refractivity contribution in [3.05, 3.63) is 34.1 Å². The Morgan fingerprint density at radius 3 is 2.61 bits per heavy atom. The largest absolute Gasteiger partial charge is 0.444 e. The standard InChI is InChI=1S/C17H22BrFN2O2/c1-17(2,3)23-16(22)21-8-11-12(9-21)15(11)20-7-10-4-5-13(18)14(19)6-10/h4-6,11-12,15,20H,7-9H2,1-3H3. The lowest BCUT2D eigenvalue weighted by Gasteiger charge is -2.26. The molecule has 23 heavy (non-hydrogen) atoms. The second kappa shape index (κ2) is 6.06. The molecule has 1 aromatic rings. The summed E-state index contributed by atoms with van der Waals surface area (Å²) in [4.78, 5) is 13.8. The van der Waals surface area contributed by atoms with Gasteiger partial charge in [0, 0.05) is 25.7 Å². The molecular formula is C17H22BrFN2O2. The minimum Gasteiger partial charge on any atom is -0.444 e. The van der Waals surface area contributed by atoms with Crippen LogP contribution < -0.4 is 5.32 Å². The molecule has 2 fully saturated rings. The Morgan fingerprint density at radius 1 is 1.39 bits per heavy atom. The Morgan fingerprint density at radius 2 is 2.04 bits per heavy atom. The molecule has 1 aliphatic heterocycles. The summed E-state index contributed by atoms with van der Waals surface area (Å²) >= 11 is 3.16. The van der Waals surface area contributed by atoms with Crippen LogP contribution in [-0.2, 0) is 11.3 Å². The quantitative estimate of drug-likeness (QED) is 0.866. The SMILES string of the molecule is CC(C)(C)OC(=O)N1CC2C(C1)C2NCc1ccc(Br)c(F)c1. The fourth-order valence-electron chi connectivity index (χ4n) is 3.19. The molecule has 0 radical (unpaired) electrons. The molecule has 0 bridgehead atoms. The van der Waals surface area contributed by atoms with Crippen molar-refractivity contribution in [1.82, 2.24) is 10.2 Å². The molecule has 6 heteroatoms. The molecule has 126 valence electrons. The summed E-state index contributed by atoms with van der Waals surface area (Å²) in [5.74, 6) is 0.738. The monoisotopic (exact) mass is 384 g/mol. The van der Waals surface area contributed by atoms with Crippen LogP contribution in [0.15, 0.2) is 22.7 Å². The van der Waals surface area contributed by atoms with E-state index >= 15 is 0 Å². The summed E-state index contributed by atoms with van der Waals surface area (Å²) in [7, 11) is 0. The Hall–Kier alpha value is -1.14. The first-order chi connectivity index (χ1) is 10.7. The maximum Gasteiger partial charge on any atom is 0.410 e. The number of carbonyl (C=O) groups excluding carboxylic acids is 1. The summed E-state index contributed by atoms with van der Waals surface area (Å²) in [6.07, 6.45) is -0.224. The topological polar surface area (TPSA) is 41.6 Å². The number of amides is 1. The number of halogens is 2. The van der Waals surface area contributed by atoms with Crippen LogP contribution in [0.1, 0.15) is 26.3 Å². The number of likely N-dealkylation sites (tertiary alicyclic amines) is 1. The van der Waals surface area contributed by atoms with E-state index in [1.54, 1.807) is 17.0 Å². The maximum absolute atomic E-state index is 13.5. The molecule has 1 saturated carbocycles. The fraction of sp³-hybridized carbons (Fsp3) is 0.588. The van der Waals surface area contributed by atoms with E-state index in [4.69, 9.17) is 4.74 Å². The van der Waals surface area contributed by atoms with E-state index in [1.807, 2.05) is 26.8 Å². The lowest BCUT2D eigenvalue weighted by molar-refractivity contribution is 0.0269. The third-order valence-corrected chi connectivity index (χ3v) is 5.01.